The first-order chi connectivity index (χ1) is 9.10. The highest BCUT2D eigenvalue weighted by Crippen LogP contribution is 2.25. The van der Waals surface area contributed by atoms with Crippen LogP contribution < -0.4 is 5.32 Å². The smallest absolute Gasteiger partial charge is 0.128 e. The number of halogens is 1. The standard InChI is InChI=1S/C15H24FNO2/c1-11-9-12(2)15(13(16)10-11)14(17-3)5-6-19-8-7-18-4/h9-10,14,17H,5-8H2,1-4H3. The summed E-state index contributed by atoms with van der Waals surface area (Å²) in [5, 5.41) is 3.16. The third-order valence-electron chi connectivity index (χ3n) is 3.16. The molecule has 0 spiro atoms. The maximum Gasteiger partial charge on any atom is 0.128 e. The number of ether oxygens (including phenoxy) is 2. The summed E-state index contributed by atoms with van der Waals surface area (Å²) in [6.45, 7) is 5.59. The SMILES string of the molecule is CNC(CCOCCOC)c1c(C)cc(C)cc1F. The van der Waals surface area contributed by atoms with Gasteiger partial charge in [-0.3, -0.25) is 0 Å². The molecule has 0 aliphatic carbocycles. The van der Waals surface area contributed by atoms with Gasteiger partial charge < -0.3 is 14.8 Å². The lowest BCUT2D eigenvalue weighted by molar-refractivity contribution is 0.0659. The Balaban J connectivity index is 2.64. The Morgan fingerprint density at radius 2 is 1.95 bits per heavy atom. The first kappa shape index (κ1) is 16.1. The summed E-state index contributed by atoms with van der Waals surface area (Å²) < 4.78 is 24.4. The molecule has 1 rings (SSSR count). The molecule has 0 amide bonds. The molecule has 0 heterocycles. The van der Waals surface area contributed by atoms with Gasteiger partial charge in [-0.2, -0.15) is 0 Å². The third-order valence-corrected chi connectivity index (χ3v) is 3.16. The summed E-state index contributed by atoms with van der Waals surface area (Å²) in [5.74, 6) is -0.145. The monoisotopic (exact) mass is 269 g/mol. The number of benzene rings is 1. The Kier molecular flexibility index (Phi) is 6.99. The summed E-state index contributed by atoms with van der Waals surface area (Å²) >= 11 is 0. The van der Waals surface area contributed by atoms with Crippen molar-refractivity contribution in [2.45, 2.75) is 26.3 Å². The van der Waals surface area contributed by atoms with Crippen molar-refractivity contribution in [3.63, 3.8) is 0 Å². The van der Waals surface area contributed by atoms with Crippen LogP contribution in [0.2, 0.25) is 0 Å². The number of hydrogen-bond acceptors (Lipinski definition) is 3. The summed E-state index contributed by atoms with van der Waals surface area (Å²) in [7, 11) is 3.49. The van der Waals surface area contributed by atoms with E-state index in [4.69, 9.17) is 9.47 Å². The molecular formula is C15H24FNO2. The van der Waals surface area contributed by atoms with Gasteiger partial charge in [0.05, 0.1) is 13.2 Å². The number of rotatable bonds is 8. The lowest BCUT2D eigenvalue weighted by Crippen LogP contribution is -2.21. The van der Waals surface area contributed by atoms with E-state index in [1.54, 1.807) is 13.2 Å². The second-order valence-corrected chi connectivity index (χ2v) is 4.71. The largest absolute Gasteiger partial charge is 0.382 e. The van der Waals surface area contributed by atoms with Gasteiger partial charge in [-0.15, -0.1) is 0 Å². The van der Waals surface area contributed by atoms with Crippen molar-refractivity contribution in [2.24, 2.45) is 0 Å². The second kappa shape index (κ2) is 8.25. The van der Waals surface area contributed by atoms with Crippen LogP contribution in [0.4, 0.5) is 4.39 Å². The summed E-state index contributed by atoms with van der Waals surface area (Å²) in [6, 6.07) is 3.57. The molecular weight excluding hydrogens is 245 g/mol. The Bertz CT molecular complexity index is 373. The zero-order valence-electron chi connectivity index (χ0n) is 12.3. The van der Waals surface area contributed by atoms with Crippen molar-refractivity contribution in [1.29, 1.82) is 0 Å². The molecule has 0 aromatic heterocycles. The number of nitrogens with one attached hydrogen (secondary N) is 1. The van der Waals surface area contributed by atoms with Crippen molar-refractivity contribution in [3.05, 3.63) is 34.6 Å². The predicted molar refractivity (Wildman–Crippen MR) is 75.0 cm³/mol. The average Bonchev–Trinajstić information content (AvgIpc) is 2.35. The van der Waals surface area contributed by atoms with Gasteiger partial charge in [-0.1, -0.05) is 6.07 Å². The summed E-state index contributed by atoms with van der Waals surface area (Å²) in [6.07, 6.45) is 0.737. The fraction of sp³-hybridized carbons (Fsp3) is 0.600. The van der Waals surface area contributed by atoms with E-state index in [1.165, 1.54) is 0 Å². The molecule has 1 atom stereocenters. The van der Waals surface area contributed by atoms with Crippen LogP contribution in [0.3, 0.4) is 0 Å². The first-order valence-corrected chi connectivity index (χ1v) is 6.60. The molecule has 0 aliphatic rings. The normalized spacial score (nSPS) is 12.7. The molecule has 1 aromatic rings. The van der Waals surface area contributed by atoms with E-state index >= 15 is 0 Å². The van der Waals surface area contributed by atoms with Crippen LogP contribution in [-0.2, 0) is 9.47 Å². The quantitative estimate of drug-likeness (QED) is 0.736. The summed E-state index contributed by atoms with van der Waals surface area (Å²) in [4.78, 5) is 0. The Morgan fingerprint density at radius 3 is 2.53 bits per heavy atom. The van der Waals surface area contributed by atoms with E-state index in [1.807, 2.05) is 27.0 Å². The van der Waals surface area contributed by atoms with Gasteiger partial charge >= 0.3 is 0 Å². The molecule has 1 N–H and O–H groups in total. The van der Waals surface area contributed by atoms with Gasteiger partial charge in [0, 0.05) is 25.3 Å². The molecule has 4 heteroatoms. The maximum atomic E-state index is 14.1. The van der Waals surface area contributed by atoms with Crippen LogP contribution in [0, 0.1) is 19.7 Å². The summed E-state index contributed by atoms with van der Waals surface area (Å²) in [5.41, 5.74) is 2.67. The zero-order chi connectivity index (χ0) is 14.3. The fourth-order valence-corrected chi connectivity index (χ4v) is 2.25. The van der Waals surface area contributed by atoms with Gasteiger partial charge in [-0.25, -0.2) is 4.39 Å². The Morgan fingerprint density at radius 1 is 1.21 bits per heavy atom. The average molecular weight is 269 g/mol. The van der Waals surface area contributed by atoms with E-state index in [0.717, 1.165) is 23.1 Å². The molecule has 0 saturated carbocycles. The van der Waals surface area contributed by atoms with Crippen molar-refractivity contribution >= 4 is 0 Å². The van der Waals surface area contributed by atoms with Crippen LogP contribution in [-0.4, -0.2) is 34.0 Å². The number of methoxy groups -OCH3 is 1. The van der Waals surface area contributed by atoms with Crippen molar-refractivity contribution < 1.29 is 13.9 Å². The Labute approximate surface area is 115 Å². The number of aryl methyl sites for hydroxylation is 2. The van der Waals surface area contributed by atoms with E-state index in [2.05, 4.69) is 5.32 Å². The van der Waals surface area contributed by atoms with Crippen molar-refractivity contribution in [3.8, 4) is 0 Å². The second-order valence-electron chi connectivity index (χ2n) is 4.71. The van der Waals surface area contributed by atoms with Crippen LogP contribution in [0.25, 0.3) is 0 Å². The highest BCUT2D eigenvalue weighted by atomic mass is 19.1. The minimum atomic E-state index is -0.145. The molecule has 0 saturated heterocycles. The third kappa shape index (κ3) is 4.90. The lowest BCUT2D eigenvalue weighted by atomic mass is 9.96. The molecule has 0 bridgehead atoms. The van der Waals surface area contributed by atoms with E-state index in [-0.39, 0.29) is 11.9 Å². The van der Waals surface area contributed by atoms with E-state index < -0.39 is 0 Å². The molecule has 19 heavy (non-hydrogen) atoms. The molecule has 0 radical (unpaired) electrons. The molecule has 108 valence electrons. The zero-order valence-corrected chi connectivity index (χ0v) is 12.3. The number of hydrogen-bond donors (Lipinski definition) is 1. The van der Waals surface area contributed by atoms with Crippen LogP contribution >= 0.6 is 0 Å². The maximum absolute atomic E-state index is 14.1. The van der Waals surface area contributed by atoms with Gasteiger partial charge in [0.25, 0.3) is 0 Å². The lowest BCUT2D eigenvalue weighted by Gasteiger charge is -2.20. The van der Waals surface area contributed by atoms with Gasteiger partial charge in [-0.05, 0) is 44.5 Å². The van der Waals surface area contributed by atoms with Crippen molar-refractivity contribution in [1.82, 2.24) is 5.32 Å². The van der Waals surface area contributed by atoms with E-state index in [0.29, 0.717) is 19.8 Å². The molecule has 1 aromatic carbocycles. The van der Waals surface area contributed by atoms with Crippen LogP contribution in [0.15, 0.2) is 12.1 Å². The minimum Gasteiger partial charge on any atom is -0.382 e. The van der Waals surface area contributed by atoms with Crippen LogP contribution in [0.1, 0.15) is 29.2 Å². The predicted octanol–water partition coefficient (Wildman–Crippen LogP) is 2.76. The highest BCUT2D eigenvalue weighted by molar-refractivity contribution is 5.34. The fourth-order valence-electron chi connectivity index (χ4n) is 2.25. The van der Waals surface area contributed by atoms with E-state index in [9.17, 15) is 4.39 Å². The van der Waals surface area contributed by atoms with Gasteiger partial charge in [0.1, 0.15) is 5.82 Å². The van der Waals surface area contributed by atoms with Gasteiger partial charge in [0.2, 0.25) is 0 Å². The molecule has 1 unspecified atom stereocenters. The Hall–Kier alpha value is -0.970. The van der Waals surface area contributed by atoms with Crippen molar-refractivity contribution in [2.75, 3.05) is 34.0 Å². The highest BCUT2D eigenvalue weighted by Gasteiger charge is 2.16. The van der Waals surface area contributed by atoms with Gasteiger partial charge in [0.15, 0.2) is 0 Å². The molecule has 3 nitrogen and oxygen atoms in total. The first-order valence-electron chi connectivity index (χ1n) is 6.60. The molecule has 0 fully saturated rings. The topological polar surface area (TPSA) is 30.5 Å². The minimum absolute atomic E-state index is 0.0249. The van der Waals surface area contributed by atoms with Crippen LogP contribution in [0.5, 0.6) is 0 Å². The molecule has 0 aliphatic heterocycles.